The molecule has 0 spiro atoms. The van der Waals surface area contributed by atoms with Crippen LogP contribution in [0.25, 0.3) is 10.8 Å². The van der Waals surface area contributed by atoms with Crippen molar-refractivity contribution in [3.63, 3.8) is 0 Å². The lowest BCUT2D eigenvalue weighted by molar-refractivity contribution is 0.313. The Morgan fingerprint density at radius 3 is 2.59 bits per heavy atom. The van der Waals surface area contributed by atoms with Gasteiger partial charge >= 0.3 is 0 Å². The van der Waals surface area contributed by atoms with Crippen molar-refractivity contribution in [2.24, 2.45) is 0 Å². The summed E-state index contributed by atoms with van der Waals surface area (Å²) in [5.74, 6) is 0.809. The summed E-state index contributed by atoms with van der Waals surface area (Å²) in [6.45, 7) is 2.84. The molecule has 0 radical (unpaired) electrons. The Labute approximate surface area is 111 Å². The zero-order valence-electron chi connectivity index (χ0n) is 9.67. The SMILES string of the molecule is CCCCOc1cccc2c(Cl)ccc(Cl)c12. The number of rotatable bonds is 4. The summed E-state index contributed by atoms with van der Waals surface area (Å²) in [6, 6.07) is 9.43. The third kappa shape index (κ3) is 2.67. The predicted molar refractivity (Wildman–Crippen MR) is 74.4 cm³/mol. The molecule has 0 bridgehead atoms. The number of halogens is 2. The highest BCUT2D eigenvalue weighted by Crippen LogP contribution is 2.36. The maximum Gasteiger partial charge on any atom is 0.128 e. The first-order valence-corrected chi connectivity index (χ1v) is 6.49. The quantitative estimate of drug-likeness (QED) is 0.682. The van der Waals surface area contributed by atoms with E-state index >= 15 is 0 Å². The van der Waals surface area contributed by atoms with Crippen LogP contribution in [0.3, 0.4) is 0 Å². The van der Waals surface area contributed by atoms with E-state index in [1.54, 1.807) is 6.07 Å². The smallest absolute Gasteiger partial charge is 0.128 e. The highest BCUT2D eigenvalue weighted by atomic mass is 35.5. The molecule has 3 heteroatoms. The lowest BCUT2D eigenvalue weighted by Gasteiger charge is -2.10. The number of hydrogen-bond donors (Lipinski definition) is 0. The molecule has 0 aliphatic heterocycles. The second-order valence-electron chi connectivity index (χ2n) is 3.91. The second-order valence-corrected chi connectivity index (χ2v) is 4.72. The third-order valence-corrected chi connectivity index (χ3v) is 3.30. The van der Waals surface area contributed by atoms with E-state index in [4.69, 9.17) is 27.9 Å². The van der Waals surface area contributed by atoms with Crippen LogP contribution in [0.1, 0.15) is 19.8 Å². The predicted octanol–water partition coefficient (Wildman–Crippen LogP) is 5.33. The molecular weight excluding hydrogens is 255 g/mol. The molecule has 0 N–H and O–H groups in total. The summed E-state index contributed by atoms with van der Waals surface area (Å²) in [4.78, 5) is 0. The van der Waals surface area contributed by atoms with Gasteiger partial charge in [-0.25, -0.2) is 0 Å². The fourth-order valence-electron chi connectivity index (χ4n) is 1.74. The Morgan fingerprint density at radius 2 is 1.82 bits per heavy atom. The standard InChI is InChI=1S/C14H14Cl2O/c1-2-3-9-17-13-6-4-5-10-11(15)7-8-12(16)14(10)13/h4-8H,2-3,9H2,1H3. The molecule has 2 rings (SSSR count). The van der Waals surface area contributed by atoms with Crippen LogP contribution in [0.2, 0.25) is 10.0 Å². The molecule has 1 nitrogen and oxygen atoms in total. The molecule has 0 saturated heterocycles. The van der Waals surface area contributed by atoms with E-state index in [1.165, 1.54) is 0 Å². The number of fused-ring (bicyclic) bond motifs is 1. The molecule has 2 aromatic rings. The van der Waals surface area contributed by atoms with E-state index in [2.05, 4.69) is 6.92 Å². The average Bonchev–Trinajstić information content (AvgIpc) is 2.34. The van der Waals surface area contributed by atoms with Crippen LogP contribution in [-0.4, -0.2) is 6.61 Å². The summed E-state index contributed by atoms with van der Waals surface area (Å²) >= 11 is 12.4. The maximum absolute atomic E-state index is 6.21. The third-order valence-electron chi connectivity index (χ3n) is 2.65. The highest BCUT2D eigenvalue weighted by Gasteiger charge is 2.08. The summed E-state index contributed by atoms with van der Waals surface area (Å²) in [6.07, 6.45) is 2.15. The highest BCUT2D eigenvalue weighted by molar-refractivity contribution is 6.40. The minimum Gasteiger partial charge on any atom is -0.493 e. The lowest BCUT2D eigenvalue weighted by Crippen LogP contribution is -1.97. The molecule has 2 aromatic carbocycles. The summed E-state index contributed by atoms with van der Waals surface area (Å²) in [5, 5.41) is 3.22. The monoisotopic (exact) mass is 268 g/mol. The van der Waals surface area contributed by atoms with Crippen LogP contribution in [0.4, 0.5) is 0 Å². The molecule has 0 unspecified atom stereocenters. The normalized spacial score (nSPS) is 10.8. The van der Waals surface area contributed by atoms with Crippen molar-refractivity contribution in [3.8, 4) is 5.75 Å². The van der Waals surface area contributed by atoms with Gasteiger partial charge in [0.25, 0.3) is 0 Å². The van der Waals surface area contributed by atoms with Crippen LogP contribution in [0.15, 0.2) is 30.3 Å². The average molecular weight is 269 g/mol. The first kappa shape index (κ1) is 12.5. The maximum atomic E-state index is 6.21. The Hall–Kier alpha value is -0.920. The van der Waals surface area contributed by atoms with Crippen LogP contribution in [0.5, 0.6) is 5.75 Å². The number of ether oxygens (including phenoxy) is 1. The Bertz CT molecular complexity index is 523. The van der Waals surface area contributed by atoms with E-state index in [0.717, 1.165) is 29.4 Å². The minimum absolute atomic E-state index is 0.677. The van der Waals surface area contributed by atoms with E-state index in [1.807, 2.05) is 24.3 Å². The fraction of sp³-hybridized carbons (Fsp3) is 0.286. The zero-order valence-corrected chi connectivity index (χ0v) is 11.2. The van der Waals surface area contributed by atoms with Gasteiger partial charge in [-0.15, -0.1) is 0 Å². The van der Waals surface area contributed by atoms with Crippen molar-refractivity contribution in [2.75, 3.05) is 6.61 Å². The Balaban J connectivity index is 2.45. The van der Waals surface area contributed by atoms with Crippen LogP contribution >= 0.6 is 23.2 Å². The number of benzene rings is 2. The van der Waals surface area contributed by atoms with Gasteiger partial charge in [-0.05, 0) is 24.6 Å². The second kappa shape index (κ2) is 5.61. The molecule has 0 fully saturated rings. The van der Waals surface area contributed by atoms with Crippen molar-refractivity contribution in [2.45, 2.75) is 19.8 Å². The van der Waals surface area contributed by atoms with E-state index in [0.29, 0.717) is 16.7 Å². The van der Waals surface area contributed by atoms with Crippen molar-refractivity contribution in [3.05, 3.63) is 40.4 Å². The van der Waals surface area contributed by atoms with Crippen LogP contribution < -0.4 is 4.74 Å². The molecule has 17 heavy (non-hydrogen) atoms. The van der Waals surface area contributed by atoms with E-state index in [9.17, 15) is 0 Å². The Morgan fingerprint density at radius 1 is 1.06 bits per heavy atom. The number of unbranched alkanes of at least 4 members (excludes halogenated alkanes) is 1. The van der Waals surface area contributed by atoms with Gasteiger partial charge in [0, 0.05) is 15.8 Å². The van der Waals surface area contributed by atoms with E-state index < -0.39 is 0 Å². The van der Waals surface area contributed by atoms with Gasteiger partial charge in [0.1, 0.15) is 5.75 Å². The van der Waals surface area contributed by atoms with Crippen LogP contribution in [-0.2, 0) is 0 Å². The van der Waals surface area contributed by atoms with Gasteiger partial charge in [-0.2, -0.15) is 0 Å². The molecule has 0 aliphatic rings. The molecule has 0 aliphatic carbocycles. The fourth-order valence-corrected chi connectivity index (χ4v) is 2.22. The first-order chi connectivity index (χ1) is 8.24. The lowest BCUT2D eigenvalue weighted by atomic mass is 10.1. The van der Waals surface area contributed by atoms with Crippen molar-refractivity contribution in [1.29, 1.82) is 0 Å². The summed E-state index contributed by atoms with van der Waals surface area (Å²) in [5.41, 5.74) is 0. The first-order valence-electron chi connectivity index (χ1n) is 5.73. The molecule has 0 atom stereocenters. The molecule has 0 aromatic heterocycles. The largest absolute Gasteiger partial charge is 0.493 e. The van der Waals surface area contributed by atoms with Crippen molar-refractivity contribution >= 4 is 34.0 Å². The van der Waals surface area contributed by atoms with Crippen molar-refractivity contribution < 1.29 is 4.74 Å². The topological polar surface area (TPSA) is 9.23 Å². The molecule has 90 valence electrons. The summed E-state index contributed by atoms with van der Waals surface area (Å²) in [7, 11) is 0. The Kier molecular flexibility index (Phi) is 4.14. The van der Waals surface area contributed by atoms with Crippen LogP contribution in [0, 0.1) is 0 Å². The number of hydrogen-bond acceptors (Lipinski definition) is 1. The van der Waals surface area contributed by atoms with Crippen molar-refractivity contribution in [1.82, 2.24) is 0 Å². The van der Waals surface area contributed by atoms with E-state index in [-0.39, 0.29) is 0 Å². The zero-order chi connectivity index (χ0) is 12.3. The minimum atomic E-state index is 0.677. The molecule has 0 heterocycles. The van der Waals surface area contributed by atoms with Gasteiger partial charge in [0.15, 0.2) is 0 Å². The molecule has 0 amide bonds. The molecular formula is C14H14Cl2O. The van der Waals surface area contributed by atoms with Gasteiger partial charge in [-0.3, -0.25) is 0 Å². The summed E-state index contributed by atoms with van der Waals surface area (Å²) < 4.78 is 5.75. The molecule has 0 saturated carbocycles. The van der Waals surface area contributed by atoms with Gasteiger partial charge in [0.2, 0.25) is 0 Å². The van der Waals surface area contributed by atoms with Gasteiger partial charge in [0.05, 0.1) is 11.6 Å². The van der Waals surface area contributed by atoms with Gasteiger partial charge in [-0.1, -0.05) is 48.7 Å². The van der Waals surface area contributed by atoms with Gasteiger partial charge < -0.3 is 4.74 Å².